The van der Waals surface area contributed by atoms with Gasteiger partial charge in [-0.15, -0.1) is 0 Å². The molecule has 0 aliphatic rings. The van der Waals surface area contributed by atoms with Crippen molar-refractivity contribution in [1.82, 2.24) is 9.47 Å². The molecule has 1 aromatic rings. The highest BCUT2D eigenvalue weighted by atomic mass is 32.2. The third-order valence-corrected chi connectivity index (χ3v) is 4.81. The molecule has 4 heteroatoms. The molecule has 0 aliphatic carbocycles. The van der Waals surface area contributed by atoms with E-state index in [9.17, 15) is 4.79 Å². The van der Waals surface area contributed by atoms with Gasteiger partial charge in [-0.05, 0) is 39.9 Å². The molecule has 0 saturated heterocycles. The molecule has 0 amide bonds. The summed E-state index contributed by atoms with van der Waals surface area (Å²) in [5.41, 5.74) is 3.19. The van der Waals surface area contributed by atoms with E-state index in [1.807, 2.05) is 13.0 Å². The van der Waals surface area contributed by atoms with Gasteiger partial charge in [0, 0.05) is 35.8 Å². The summed E-state index contributed by atoms with van der Waals surface area (Å²) in [6.07, 6.45) is 0. The van der Waals surface area contributed by atoms with E-state index < -0.39 is 0 Å². The summed E-state index contributed by atoms with van der Waals surface area (Å²) in [6.45, 7) is 14.8. The summed E-state index contributed by atoms with van der Waals surface area (Å²) in [7, 11) is 0. The van der Waals surface area contributed by atoms with Crippen molar-refractivity contribution in [1.29, 1.82) is 0 Å². The van der Waals surface area contributed by atoms with Gasteiger partial charge in [0.2, 0.25) is 0 Å². The molecule has 0 atom stereocenters. The van der Waals surface area contributed by atoms with Gasteiger partial charge in [0.15, 0.2) is 5.78 Å². The molecular weight excluding hydrogens is 268 g/mol. The Hall–Kier alpha value is -0.740. The number of aryl methyl sites for hydroxylation is 1. The number of rotatable bonds is 9. The molecule has 0 N–H and O–H groups in total. The Labute approximate surface area is 127 Å². The molecule has 1 aromatic heterocycles. The minimum atomic E-state index is 0.266. The van der Waals surface area contributed by atoms with Crippen molar-refractivity contribution in [2.45, 2.75) is 41.2 Å². The van der Waals surface area contributed by atoms with E-state index in [4.69, 9.17) is 0 Å². The average molecular weight is 296 g/mol. The fourth-order valence-corrected chi connectivity index (χ4v) is 3.42. The standard InChI is InChI=1S/C16H28N2OS/c1-6-17(7-2)9-10-20-12-16(19)15-11-13(4)18(8-3)14(15)5/h11H,6-10,12H2,1-5H3. The van der Waals surface area contributed by atoms with Crippen molar-refractivity contribution < 1.29 is 4.79 Å². The van der Waals surface area contributed by atoms with Crippen LogP contribution in [-0.4, -0.2) is 46.4 Å². The van der Waals surface area contributed by atoms with Gasteiger partial charge in [0.1, 0.15) is 0 Å². The van der Waals surface area contributed by atoms with Gasteiger partial charge < -0.3 is 9.47 Å². The molecule has 0 spiro atoms. The van der Waals surface area contributed by atoms with Crippen molar-refractivity contribution in [2.24, 2.45) is 0 Å². The number of carbonyl (C=O) groups is 1. The number of nitrogens with zero attached hydrogens (tertiary/aromatic N) is 2. The summed E-state index contributed by atoms with van der Waals surface area (Å²) < 4.78 is 2.20. The molecule has 1 rings (SSSR count). The fraction of sp³-hybridized carbons (Fsp3) is 0.688. The Bertz CT molecular complexity index is 436. The number of hydrogen-bond acceptors (Lipinski definition) is 3. The Morgan fingerprint density at radius 1 is 1.25 bits per heavy atom. The minimum Gasteiger partial charge on any atom is -0.349 e. The maximum atomic E-state index is 12.3. The highest BCUT2D eigenvalue weighted by molar-refractivity contribution is 8.00. The molecule has 0 unspecified atom stereocenters. The minimum absolute atomic E-state index is 0.266. The zero-order chi connectivity index (χ0) is 15.1. The second-order valence-corrected chi connectivity index (χ2v) is 6.14. The summed E-state index contributed by atoms with van der Waals surface area (Å²) in [4.78, 5) is 14.7. The quantitative estimate of drug-likeness (QED) is 0.516. The normalized spacial score (nSPS) is 11.3. The van der Waals surface area contributed by atoms with E-state index in [2.05, 4.69) is 37.2 Å². The Balaban J connectivity index is 2.48. The van der Waals surface area contributed by atoms with Gasteiger partial charge in [-0.3, -0.25) is 4.79 Å². The molecule has 0 bridgehead atoms. The highest BCUT2D eigenvalue weighted by Crippen LogP contribution is 2.17. The van der Waals surface area contributed by atoms with Crippen LogP contribution in [0.4, 0.5) is 0 Å². The van der Waals surface area contributed by atoms with Crippen LogP contribution in [0.5, 0.6) is 0 Å². The molecule has 0 fully saturated rings. The number of carbonyl (C=O) groups excluding carboxylic acids is 1. The molecular formula is C16H28N2OS. The highest BCUT2D eigenvalue weighted by Gasteiger charge is 2.14. The van der Waals surface area contributed by atoms with Gasteiger partial charge in [0.05, 0.1) is 5.75 Å². The van der Waals surface area contributed by atoms with E-state index >= 15 is 0 Å². The first kappa shape index (κ1) is 17.3. The molecule has 0 saturated carbocycles. The first-order valence-corrected chi connectivity index (χ1v) is 8.70. The van der Waals surface area contributed by atoms with Gasteiger partial charge in [0.25, 0.3) is 0 Å². The van der Waals surface area contributed by atoms with Crippen molar-refractivity contribution in [3.05, 3.63) is 23.0 Å². The topological polar surface area (TPSA) is 25.2 Å². The van der Waals surface area contributed by atoms with E-state index in [0.29, 0.717) is 5.75 Å². The molecule has 0 aliphatic heterocycles. The summed E-state index contributed by atoms with van der Waals surface area (Å²) in [6, 6.07) is 2.03. The smallest absolute Gasteiger partial charge is 0.174 e. The lowest BCUT2D eigenvalue weighted by molar-refractivity contribution is 0.102. The number of aromatic nitrogens is 1. The fourth-order valence-electron chi connectivity index (χ4n) is 2.55. The van der Waals surface area contributed by atoms with Crippen LogP contribution in [0.2, 0.25) is 0 Å². The number of hydrogen-bond donors (Lipinski definition) is 0. The third kappa shape index (κ3) is 4.38. The second kappa shape index (κ2) is 8.53. The van der Waals surface area contributed by atoms with Crippen LogP contribution in [0.25, 0.3) is 0 Å². The zero-order valence-electron chi connectivity index (χ0n) is 13.5. The monoisotopic (exact) mass is 296 g/mol. The lowest BCUT2D eigenvalue weighted by Crippen LogP contribution is -2.25. The average Bonchev–Trinajstić information content (AvgIpc) is 2.73. The van der Waals surface area contributed by atoms with E-state index in [1.54, 1.807) is 11.8 Å². The van der Waals surface area contributed by atoms with Crippen molar-refractivity contribution in [3.63, 3.8) is 0 Å². The van der Waals surface area contributed by atoms with Crippen LogP contribution in [0.3, 0.4) is 0 Å². The van der Waals surface area contributed by atoms with Crippen molar-refractivity contribution in [2.75, 3.05) is 31.1 Å². The zero-order valence-corrected chi connectivity index (χ0v) is 14.3. The van der Waals surface area contributed by atoms with Gasteiger partial charge in [-0.25, -0.2) is 0 Å². The molecule has 114 valence electrons. The van der Waals surface area contributed by atoms with Crippen LogP contribution in [-0.2, 0) is 6.54 Å². The van der Waals surface area contributed by atoms with E-state index in [0.717, 1.165) is 43.2 Å². The SMILES string of the molecule is CCN(CC)CCSCC(=O)c1cc(C)n(CC)c1C. The van der Waals surface area contributed by atoms with Gasteiger partial charge >= 0.3 is 0 Å². The first-order valence-electron chi connectivity index (χ1n) is 7.55. The van der Waals surface area contributed by atoms with Crippen LogP contribution >= 0.6 is 11.8 Å². The van der Waals surface area contributed by atoms with Crippen molar-refractivity contribution >= 4 is 17.5 Å². The largest absolute Gasteiger partial charge is 0.349 e. The Morgan fingerprint density at radius 3 is 2.40 bits per heavy atom. The number of thioether (sulfide) groups is 1. The van der Waals surface area contributed by atoms with E-state index in [-0.39, 0.29) is 5.78 Å². The van der Waals surface area contributed by atoms with Crippen LogP contribution in [0, 0.1) is 13.8 Å². The van der Waals surface area contributed by atoms with Crippen molar-refractivity contribution in [3.8, 4) is 0 Å². The Kier molecular flexibility index (Phi) is 7.38. The van der Waals surface area contributed by atoms with Gasteiger partial charge in [-0.1, -0.05) is 13.8 Å². The summed E-state index contributed by atoms with van der Waals surface area (Å²) in [5.74, 6) is 1.89. The molecule has 0 radical (unpaired) electrons. The maximum absolute atomic E-state index is 12.3. The van der Waals surface area contributed by atoms with Crippen LogP contribution in [0.15, 0.2) is 6.07 Å². The number of ketones is 1. The molecule has 3 nitrogen and oxygen atoms in total. The van der Waals surface area contributed by atoms with E-state index in [1.165, 1.54) is 5.69 Å². The van der Waals surface area contributed by atoms with Gasteiger partial charge in [-0.2, -0.15) is 11.8 Å². The first-order chi connectivity index (χ1) is 9.54. The maximum Gasteiger partial charge on any atom is 0.174 e. The third-order valence-electron chi connectivity index (χ3n) is 3.87. The molecule has 0 aromatic carbocycles. The summed E-state index contributed by atoms with van der Waals surface area (Å²) in [5, 5.41) is 0. The Morgan fingerprint density at radius 2 is 1.90 bits per heavy atom. The predicted octanol–water partition coefficient (Wildman–Crippen LogP) is 3.38. The molecule has 20 heavy (non-hydrogen) atoms. The van der Waals surface area contributed by atoms with Crippen LogP contribution in [0.1, 0.15) is 42.5 Å². The lowest BCUT2D eigenvalue weighted by Gasteiger charge is -2.17. The second-order valence-electron chi connectivity index (χ2n) is 5.03. The number of Topliss-reactive ketones (excluding diaryl/α,β-unsaturated/α-hetero) is 1. The van der Waals surface area contributed by atoms with Crippen LogP contribution < -0.4 is 0 Å². The predicted molar refractivity (Wildman–Crippen MR) is 89.0 cm³/mol. The molecule has 1 heterocycles. The lowest BCUT2D eigenvalue weighted by atomic mass is 10.2. The summed E-state index contributed by atoms with van der Waals surface area (Å²) >= 11 is 1.75.